The number of allylic oxidation sites excluding steroid dienone is 1. The van der Waals surface area contributed by atoms with E-state index in [4.69, 9.17) is 9.47 Å². The number of esters is 1. The lowest BCUT2D eigenvalue weighted by Gasteiger charge is -2.09. The number of benzene rings is 1. The minimum absolute atomic E-state index is 0.127. The van der Waals surface area contributed by atoms with Gasteiger partial charge in [-0.05, 0) is 38.0 Å². The van der Waals surface area contributed by atoms with E-state index in [1.807, 2.05) is 13.0 Å². The first-order valence-corrected chi connectivity index (χ1v) is 6.51. The second kappa shape index (κ2) is 8.09. The van der Waals surface area contributed by atoms with Gasteiger partial charge in [0.1, 0.15) is 0 Å². The summed E-state index contributed by atoms with van der Waals surface area (Å²) in [5.41, 5.74) is 1.80. The predicted octanol–water partition coefficient (Wildman–Crippen LogP) is 2.00. The number of hydrogen-bond acceptors (Lipinski definition) is 5. The van der Waals surface area contributed by atoms with Crippen molar-refractivity contribution in [3.63, 3.8) is 0 Å². The Labute approximate surface area is 119 Å². The molecule has 0 aliphatic carbocycles. The largest absolute Gasteiger partial charge is 0.504 e. The maximum Gasteiger partial charge on any atom is 0.332 e. The normalized spacial score (nSPS) is 11.1. The highest BCUT2D eigenvalue weighted by molar-refractivity contribution is 5.82. The number of rotatable bonds is 7. The molecule has 0 fully saturated rings. The average molecular weight is 279 g/mol. The zero-order valence-corrected chi connectivity index (χ0v) is 12.1. The molecule has 0 aliphatic heterocycles. The third-order valence-electron chi connectivity index (χ3n) is 2.68. The van der Waals surface area contributed by atoms with Crippen LogP contribution in [-0.4, -0.2) is 31.3 Å². The number of hydrogen-bond donors (Lipinski definition) is 2. The van der Waals surface area contributed by atoms with Crippen molar-refractivity contribution in [1.82, 2.24) is 5.32 Å². The number of nitrogens with one attached hydrogen (secondary N) is 1. The van der Waals surface area contributed by atoms with Gasteiger partial charge >= 0.3 is 5.97 Å². The van der Waals surface area contributed by atoms with Crippen LogP contribution in [0.2, 0.25) is 0 Å². The summed E-state index contributed by atoms with van der Waals surface area (Å²) in [5.74, 6) is 0.243. The molecule has 0 aliphatic rings. The maximum absolute atomic E-state index is 11.2. The van der Waals surface area contributed by atoms with E-state index in [1.165, 1.54) is 13.2 Å². The summed E-state index contributed by atoms with van der Waals surface area (Å²) in [6.07, 6.45) is 2.19. The van der Waals surface area contributed by atoms with Gasteiger partial charge in [-0.25, -0.2) is 4.79 Å². The van der Waals surface area contributed by atoms with E-state index in [0.29, 0.717) is 18.9 Å². The Morgan fingerprint density at radius 1 is 1.45 bits per heavy atom. The van der Waals surface area contributed by atoms with E-state index in [2.05, 4.69) is 5.32 Å². The quantitative estimate of drug-likeness (QED) is 0.590. The number of ether oxygens (including phenoxy) is 2. The van der Waals surface area contributed by atoms with Crippen molar-refractivity contribution in [2.75, 3.05) is 20.3 Å². The molecular weight excluding hydrogens is 258 g/mol. The first-order chi connectivity index (χ1) is 9.56. The minimum atomic E-state index is -0.344. The van der Waals surface area contributed by atoms with Gasteiger partial charge in [0.15, 0.2) is 11.5 Å². The molecule has 0 atom stereocenters. The Bertz CT molecular complexity index is 483. The molecule has 0 bridgehead atoms. The van der Waals surface area contributed by atoms with E-state index in [1.54, 1.807) is 19.1 Å². The molecule has 5 heteroatoms. The lowest BCUT2D eigenvalue weighted by Crippen LogP contribution is -2.16. The lowest BCUT2D eigenvalue weighted by atomic mass is 10.1. The molecule has 0 amide bonds. The van der Waals surface area contributed by atoms with Crippen LogP contribution in [0.4, 0.5) is 0 Å². The highest BCUT2D eigenvalue weighted by Gasteiger charge is 2.03. The van der Waals surface area contributed by atoms with E-state index < -0.39 is 0 Å². The smallest absolute Gasteiger partial charge is 0.332 e. The van der Waals surface area contributed by atoms with Crippen LogP contribution in [0.15, 0.2) is 30.0 Å². The summed E-state index contributed by atoms with van der Waals surface area (Å²) in [6, 6.07) is 5.24. The van der Waals surface area contributed by atoms with Crippen LogP contribution in [-0.2, 0) is 16.0 Å². The van der Waals surface area contributed by atoms with Crippen molar-refractivity contribution >= 4 is 5.97 Å². The molecule has 0 unspecified atom stereocenters. The molecule has 20 heavy (non-hydrogen) atoms. The number of phenols is 1. The lowest BCUT2D eigenvalue weighted by molar-refractivity contribution is -0.137. The Hall–Kier alpha value is -2.17. The number of carbonyl (C=O) groups excluding carboxylic acids is 1. The van der Waals surface area contributed by atoms with Crippen LogP contribution in [0.5, 0.6) is 11.5 Å². The summed E-state index contributed by atoms with van der Waals surface area (Å²) >= 11 is 0. The monoisotopic (exact) mass is 279 g/mol. The average Bonchev–Trinajstić information content (AvgIpc) is 2.40. The Morgan fingerprint density at radius 2 is 2.20 bits per heavy atom. The van der Waals surface area contributed by atoms with Crippen molar-refractivity contribution < 1.29 is 19.4 Å². The third kappa shape index (κ3) is 5.22. The van der Waals surface area contributed by atoms with Gasteiger partial charge in [0.2, 0.25) is 0 Å². The Morgan fingerprint density at radius 3 is 2.85 bits per heavy atom. The molecule has 1 aromatic carbocycles. The topological polar surface area (TPSA) is 67.8 Å². The fourth-order valence-corrected chi connectivity index (χ4v) is 1.69. The van der Waals surface area contributed by atoms with Gasteiger partial charge in [0.25, 0.3) is 0 Å². The maximum atomic E-state index is 11.2. The summed E-state index contributed by atoms with van der Waals surface area (Å²) < 4.78 is 9.87. The molecule has 110 valence electrons. The first-order valence-electron chi connectivity index (χ1n) is 6.51. The SMILES string of the molecule is CCOC(=O)/C=C(/C)NCCc1ccc(O)c(OC)c1. The summed E-state index contributed by atoms with van der Waals surface area (Å²) in [4.78, 5) is 11.2. The molecule has 0 radical (unpaired) electrons. The fourth-order valence-electron chi connectivity index (χ4n) is 1.69. The summed E-state index contributed by atoms with van der Waals surface area (Å²) in [6.45, 7) is 4.63. The highest BCUT2D eigenvalue weighted by Crippen LogP contribution is 2.26. The molecule has 0 aromatic heterocycles. The highest BCUT2D eigenvalue weighted by atomic mass is 16.5. The molecule has 0 heterocycles. The number of phenolic OH excluding ortho intramolecular Hbond substituents is 1. The van der Waals surface area contributed by atoms with Gasteiger partial charge in [-0.15, -0.1) is 0 Å². The van der Waals surface area contributed by atoms with Crippen LogP contribution in [0.1, 0.15) is 19.4 Å². The van der Waals surface area contributed by atoms with E-state index >= 15 is 0 Å². The molecule has 0 saturated heterocycles. The molecule has 2 N–H and O–H groups in total. The van der Waals surface area contributed by atoms with Gasteiger partial charge in [-0.3, -0.25) is 0 Å². The second-order valence-electron chi connectivity index (χ2n) is 4.26. The van der Waals surface area contributed by atoms with E-state index in [9.17, 15) is 9.90 Å². The van der Waals surface area contributed by atoms with Crippen LogP contribution >= 0.6 is 0 Å². The van der Waals surface area contributed by atoms with Crippen LogP contribution in [0.3, 0.4) is 0 Å². The second-order valence-corrected chi connectivity index (χ2v) is 4.26. The van der Waals surface area contributed by atoms with Gasteiger partial charge in [0, 0.05) is 18.3 Å². The minimum Gasteiger partial charge on any atom is -0.504 e. The third-order valence-corrected chi connectivity index (χ3v) is 2.68. The van der Waals surface area contributed by atoms with Crippen molar-refractivity contribution in [3.8, 4) is 11.5 Å². The zero-order valence-electron chi connectivity index (χ0n) is 12.1. The van der Waals surface area contributed by atoms with Gasteiger partial charge < -0.3 is 19.9 Å². The van der Waals surface area contributed by atoms with Gasteiger partial charge in [-0.1, -0.05) is 6.07 Å². The van der Waals surface area contributed by atoms with Crippen LogP contribution in [0, 0.1) is 0 Å². The van der Waals surface area contributed by atoms with Crippen molar-refractivity contribution in [2.45, 2.75) is 20.3 Å². The Kier molecular flexibility index (Phi) is 6.43. The van der Waals surface area contributed by atoms with Crippen LogP contribution in [0.25, 0.3) is 0 Å². The standard InChI is InChI=1S/C15H21NO4/c1-4-20-15(18)9-11(2)16-8-7-12-5-6-13(17)14(10-12)19-3/h5-6,9-10,16-17H,4,7-8H2,1-3H3/b11-9-. The molecule has 0 spiro atoms. The van der Waals surface area contributed by atoms with Gasteiger partial charge in [0.05, 0.1) is 13.7 Å². The molecule has 5 nitrogen and oxygen atoms in total. The van der Waals surface area contributed by atoms with Gasteiger partial charge in [-0.2, -0.15) is 0 Å². The predicted molar refractivity (Wildman–Crippen MR) is 76.8 cm³/mol. The van der Waals surface area contributed by atoms with Crippen molar-refractivity contribution in [1.29, 1.82) is 0 Å². The molecular formula is C15H21NO4. The number of methoxy groups -OCH3 is 1. The first kappa shape index (κ1) is 15.9. The molecule has 1 aromatic rings. The molecule has 1 rings (SSSR count). The summed E-state index contributed by atoms with van der Waals surface area (Å²) in [5, 5.41) is 12.6. The van der Waals surface area contributed by atoms with Crippen molar-refractivity contribution in [3.05, 3.63) is 35.5 Å². The van der Waals surface area contributed by atoms with E-state index in [0.717, 1.165) is 17.7 Å². The molecule has 0 saturated carbocycles. The number of aromatic hydroxyl groups is 1. The van der Waals surface area contributed by atoms with Crippen LogP contribution < -0.4 is 10.1 Å². The van der Waals surface area contributed by atoms with E-state index in [-0.39, 0.29) is 11.7 Å². The Balaban J connectivity index is 2.46. The fraction of sp³-hybridized carbons (Fsp3) is 0.400. The summed E-state index contributed by atoms with van der Waals surface area (Å²) in [7, 11) is 1.52. The zero-order chi connectivity index (χ0) is 15.0. The van der Waals surface area contributed by atoms with Crippen molar-refractivity contribution in [2.24, 2.45) is 0 Å². The number of carbonyl (C=O) groups is 1.